The number of carbonyl (C=O) groups excluding carboxylic acids is 1. The number of aromatic nitrogens is 2. The first-order valence-electron chi connectivity index (χ1n) is 6.34. The number of hydrogen-bond donors (Lipinski definition) is 2. The van der Waals surface area contributed by atoms with Crippen molar-refractivity contribution in [2.45, 2.75) is 24.9 Å². The molecule has 19 heavy (non-hydrogen) atoms. The first-order chi connectivity index (χ1) is 9.20. The number of primary amides is 1. The molecule has 0 aliphatic heterocycles. The third kappa shape index (κ3) is 2.37. The van der Waals surface area contributed by atoms with Gasteiger partial charge in [0.05, 0.1) is 11.2 Å². The smallest absolute Gasteiger partial charge is 0.237 e. The zero-order valence-electron chi connectivity index (χ0n) is 10.5. The third-order valence-electron chi connectivity index (χ3n) is 3.56. The minimum Gasteiger partial charge on any atom is -0.368 e. The van der Waals surface area contributed by atoms with E-state index in [1.807, 2.05) is 41.2 Å². The topological polar surface area (TPSA) is 72.9 Å². The molecule has 1 fully saturated rings. The Morgan fingerprint density at radius 2 is 2.11 bits per heavy atom. The van der Waals surface area contributed by atoms with Crippen LogP contribution in [0.15, 0.2) is 42.7 Å². The molecule has 2 aromatic rings. The number of carbonyl (C=O) groups is 1. The molecular formula is C14H16N4O. The summed E-state index contributed by atoms with van der Waals surface area (Å²) in [6, 6.07) is 9.96. The fourth-order valence-corrected chi connectivity index (χ4v) is 2.09. The molecule has 1 heterocycles. The lowest BCUT2D eigenvalue weighted by Crippen LogP contribution is -2.43. The van der Waals surface area contributed by atoms with Gasteiger partial charge in [-0.25, -0.2) is 4.68 Å². The van der Waals surface area contributed by atoms with Gasteiger partial charge >= 0.3 is 0 Å². The Labute approximate surface area is 111 Å². The highest BCUT2D eigenvalue weighted by molar-refractivity contribution is 5.87. The van der Waals surface area contributed by atoms with Crippen molar-refractivity contribution in [3.63, 3.8) is 0 Å². The van der Waals surface area contributed by atoms with Crippen LogP contribution in [0.25, 0.3) is 5.69 Å². The van der Waals surface area contributed by atoms with Gasteiger partial charge in [-0.05, 0) is 36.6 Å². The number of rotatable bonds is 5. The molecule has 1 saturated carbocycles. The third-order valence-corrected chi connectivity index (χ3v) is 3.56. The van der Waals surface area contributed by atoms with Crippen molar-refractivity contribution in [2.75, 3.05) is 0 Å². The van der Waals surface area contributed by atoms with Gasteiger partial charge in [-0.2, -0.15) is 5.10 Å². The Hall–Kier alpha value is -2.14. The fraction of sp³-hybridized carbons (Fsp3) is 0.286. The molecule has 0 saturated heterocycles. The van der Waals surface area contributed by atoms with Crippen LogP contribution in [-0.4, -0.2) is 21.2 Å². The van der Waals surface area contributed by atoms with Crippen LogP contribution in [0.3, 0.4) is 0 Å². The molecular weight excluding hydrogens is 240 g/mol. The highest BCUT2D eigenvalue weighted by atomic mass is 16.1. The van der Waals surface area contributed by atoms with E-state index in [-0.39, 0.29) is 5.91 Å². The van der Waals surface area contributed by atoms with Gasteiger partial charge < -0.3 is 5.73 Å². The van der Waals surface area contributed by atoms with Crippen LogP contribution in [0.1, 0.15) is 18.4 Å². The number of nitrogens with two attached hydrogens (primary N) is 1. The summed E-state index contributed by atoms with van der Waals surface area (Å²) >= 11 is 0. The highest BCUT2D eigenvalue weighted by Gasteiger charge is 2.47. The molecule has 5 heteroatoms. The van der Waals surface area contributed by atoms with Gasteiger partial charge in [0.1, 0.15) is 0 Å². The molecule has 1 aliphatic rings. The zero-order chi connectivity index (χ0) is 13.3. The van der Waals surface area contributed by atoms with E-state index in [1.54, 1.807) is 6.20 Å². The number of hydrogen-bond acceptors (Lipinski definition) is 3. The van der Waals surface area contributed by atoms with E-state index < -0.39 is 5.54 Å². The second kappa shape index (κ2) is 4.51. The van der Waals surface area contributed by atoms with E-state index in [1.165, 1.54) is 0 Å². The summed E-state index contributed by atoms with van der Waals surface area (Å²) in [6.07, 6.45) is 5.33. The standard InChI is InChI=1S/C14H16N4O/c15-13(19)14(6-7-14)16-10-11-2-4-12(5-3-11)18-9-1-8-17-18/h1-5,8-9,16H,6-7,10H2,(H2,15,19). The maximum atomic E-state index is 11.3. The Morgan fingerprint density at radius 1 is 1.37 bits per heavy atom. The first-order valence-corrected chi connectivity index (χ1v) is 6.34. The number of nitrogens with zero attached hydrogens (tertiary/aromatic N) is 2. The van der Waals surface area contributed by atoms with Crippen LogP contribution < -0.4 is 11.1 Å². The van der Waals surface area contributed by atoms with Crippen molar-refractivity contribution >= 4 is 5.91 Å². The van der Waals surface area contributed by atoms with Crippen LogP contribution >= 0.6 is 0 Å². The fourth-order valence-electron chi connectivity index (χ4n) is 2.09. The lowest BCUT2D eigenvalue weighted by atomic mass is 10.1. The highest BCUT2D eigenvalue weighted by Crippen LogP contribution is 2.35. The van der Waals surface area contributed by atoms with Gasteiger partial charge in [0, 0.05) is 18.9 Å². The molecule has 1 aliphatic carbocycles. The summed E-state index contributed by atoms with van der Waals surface area (Å²) in [4.78, 5) is 11.3. The van der Waals surface area contributed by atoms with E-state index in [0.29, 0.717) is 6.54 Å². The summed E-state index contributed by atoms with van der Waals surface area (Å²) < 4.78 is 1.81. The maximum Gasteiger partial charge on any atom is 0.237 e. The van der Waals surface area contributed by atoms with Gasteiger partial charge in [0.2, 0.25) is 5.91 Å². The lowest BCUT2D eigenvalue weighted by Gasteiger charge is -2.13. The lowest BCUT2D eigenvalue weighted by molar-refractivity contribution is -0.121. The Morgan fingerprint density at radius 3 is 2.63 bits per heavy atom. The minimum absolute atomic E-state index is 0.249. The molecule has 1 amide bonds. The van der Waals surface area contributed by atoms with Crippen molar-refractivity contribution in [1.82, 2.24) is 15.1 Å². The largest absolute Gasteiger partial charge is 0.368 e. The van der Waals surface area contributed by atoms with Gasteiger partial charge in [-0.1, -0.05) is 12.1 Å². The second-order valence-corrected chi connectivity index (χ2v) is 4.92. The summed E-state index contributed by atoms with van der Waals surface area (Å²) in [5.41, 5.74) is 7.06. The minimum atomic E-state index is -0.458. The average Bonchev–Trinajstić information content (AvgIpc) is 3.03. The predicted molar refractivity (Wildman–Crippen MR) is 71.6 cm³/mol. The van der Waals surface area contributed by atoms with Crippen LogP contribution in [-0.2, 0) is 11.3 Å². The Balaban J connectivity index is 1.65. The van der Waals surface area contributed by atoms with Crippen LogP contribution in [0, 0.1) is 0 Å². The van der Waals surface area contributed by atoms with Crippen molar-refractivity contribution in [3.8, 4) is 5.69 Å². The van der Waals surface area contributed by atoms with E-state index in [0.717, 1.165) is 24.1 Å². The molecule has 0 spiro atoms. The van der Waals surface area contributed by atoms with E-state index in [4.69, 9.17) is 5.73 Å². The van der Waals surface area contributed by atoms with Crippen LogP contribution in [0.4, 0.5) is 0 Å². The van der Waals surface area contributed by atoms with Crippen LogP contribution in [0.5, 0.6) is 0 Å². The molecule has 5 nitrogen and oxygen atoms in total. The molecule has 0 atom stereocenters. The molecule has 1 aromatic carbocycles. The molecule has 0 unspecified atom stereocenters. The summed E-state index contributed by atoms with van der Waals surface area (Å²) in [5, 5.41) is 7.42. The molecule has 0 radical (unpaired) electrons. The predicted octanol–water partition coefficient (Wildman–Crippen LogP) is 0.980. The number of amides is 1. The van der Waals surface area contributed by atoms with Gasteiger partial charge in [-0.3, -0.25) is 10.1 Å². The summed E-state index contributed by atoms with van der Waals surface area (Å²) in [7, 11) is 0. The van der Waals surface area contributed by atoms with Crippen molar-refractivity contribution in [2.24, 2.45) is 5.73 Å². The van der Waals surface area contributed by atoms with E-state index in [2.05, 4.69) is 10.4 Å². The molecule has 3 N–H and O–H groups in total. The SMILES string of the molecule is NC(=O)C1(NCc2ccc(-n3cccn3)cc2)CC1. The van der Waals surface area contributed by atoms with Crippen LogP contribution in [0.2, 0.25) is 0 Å². The second-order valence-electron chi connectivity index (χ2n) is 4.92. The normalized spacial score (nSPS) is 16.2. The van der Waals surface area contributed by atoms with E-state index >= 15 is 0 Å². The Kier molecular flexibility index (Phi) is 2.83. The van der Waals surface area contributed by atoms with Crippen molar-refractivity contribution < 1.29 is 4.79 Å². The van der Waals surface area contributed by atoms with Gasteiger partial charge in [-0.15, -0.1) is 0 Å². The number of nitrogens with one attached hydrogen (secondary N) is 1. The van der Waals surface area contributed by atoms with E-state index in [9.17, 15) is 4.79 Å². The molecule has 1 aromatic heterocycles. The monoisotopic (exact) mass is 256 g/mol. The summed E-state index contributed by atoms with van der Waals surface area (Å²) in [6.45, 7) is 0.655. The Bertz CT molecular complexity index is 570. The molecule has 0 bridgehead atoms. The zero-order valence-corrected chi connectivity index (χ0v) is 10.5. The number of benzene rings is 1. The molecule has 98 valence electrons. The van der Waals surface area contributed by atoms with Crippen molar-refractivity contribution in [3.05, 3.63) is 48.3 Å². The van der Waals surface area contributed by atoms with Gasteiger partial charge in [0.15, 0.2) is 0 Å². The van der Waals surface area contributed by atoms with Crippen molar-refractivity contribution in [1.29, 1.82) is 0 Å². The molecule has 3 rings (SSSR count). The maximum absolute atomic E-state index is 11.3. The quantitative estimate of drug-likeness (QED) is 0.837. The average molecular weight is 256 g/mol. The van der Waals surface area contributed by atoms with Gasteiger partial charge in [0.25, 0.3) is 0 Å². The first kappa shape index (κ1) is 11.9. The summed E-state index contributed by atoms with van der Waals surface area (Å²) in [5.74, 6) is -0.249.